The summed E-state index contributed by atoms with van der Waals surface area (Å²) in [4.78, 5) is 3.89. The molecule has 16 heavy (non-hydrogen) atoms. The second-order valence-electron chi connectivity index (χ2n) is 4.10. The fraction of sp³-hybridized carbons (Fsp3) is 0.667. The number of thiophene rings is 1. The van der Waals surface area contributed by atoms with Gasteiger partial charge in [-0.25, -0.2) is 0 Å². The van der Waals surface area contributed by atoms with E-state index in [-0.39, 0.29) is 0 Å². The van der Waals surface area contributed by atoms with E-state index in [0.717, 1.165) is 13.1 Å². The Morgan fingerprint density at radius 2 is 2.19 bits per heavy atom. The van der Waals surface area contributed by atoms with Crippen LogP contribution < -0.4 is 5.32 Å². The van der Waals surface area contributed by atoms with Crippen LogP contribution in [-0.2, 0) is 6.42 Å². The lowest BCUT2D eigenvalue weighted by Crippen LogP contribution is -2.23. The van der Waals surface area contributed by atoms with Crippen molar-refractivity contribution in [1.82, 2.24) is 10.2 Å². The minimum absolute atomic E-state index is 1.13. The van der Waals surface area contributed by atoms with E-state index >= 15 is 0 Å². The Labute approximate surface area is 111 Å². The van der Waals surface area contributed by atoms with Crippen LogP contribution in [0.5, 0.6) is 0 Å². The third-order valence-corrected chi connectivity index (χ3v) is 4.34. The smallest absolute Gasteiger partial charge is 0.0285 e. The monoisotopic (exact) mass is 304 g/mol. The quantitative estimate of drug-likeness (QED) is 0.743. The number of halogens is 1. The minimum atomic E-state index is 1.13. The summed E-state index contributed by atoms with van der Waals surface area (Å²) in [5.74, 6) is 0. The zero-order chi connectivity index (χ0) is 11.8. The number of unbranched alkanes of at least 4 members (excludes halogenated alkanes) is 1. The molecule has 1 aromatic heterocycles. The van der Waals surface area contributed by atoms with Crippen LogP contribution in [0.25, 0.3) is 0 Å². The van der Waals surface area contributed by atoms with Crippen LogP contribution in [0, 0.1) is 0 Å². The SMILES string of the molecule is CNCCCCN(C)CCc1cc(Br)cs1. The van der Waals surface area contributed by atoms with Gasteiger partial charge in [0.2, 0.25) is 0 Å². The highest BCUT2D eigenvalue weighted by atomic mass is 79.9. The summed E-state index contributed by atoms with van der Waals surface area (Å²) in [6.45, 7) is 3.49. The third-order valence-electron chi connectivity index (χ3n) is 2.58. The van der Waals surface area contributed by atoms with Gasteiger partial charge in [-0.15, -0.1) is 11.3 Å². The number of nitrogens with one attached hydrogen (secondary N) is 1. The summed E-state index contributed by atoms with van der Waals surface area (Å²) in [5, 5.41) is 5.33. The van der Waals surface area contributed by atoms with Crippen LogP contribution in [-0.4, -0.2) is 38.6 Å². The van der Waals surface area contributed by atoms with Gasteiger partial charge in [0.05, 0.1) is 0 Å². The Morgan fingerprint density at radius 3 is 2.81 bits per heavy atom. The van der Waals surface area contributed by atoms with Crippen LogP contribution >= 0.6 is 27.3 Å². The highest BCUT2D eigenvalue weighted by Gasteiger charge is 2.01. The van der Waals surface area contributed by atoms with E-state index in [2.05, 4.69) is 44.6 Å². The standard InChI is InChI=1S/C12H21BrN2S/c1-14-6-3-4-7-15(2)8-5-12-9-11(13)10-16-12/h9-10,14H,3-8H2,1-2H3. The van der Waals surface area contributed by atoms with Crippen LogP contribution in [0.3, 0.4) is 0 Å². The van der Waals surface area contributed by atoms with Crippen LogP contribution in [0.2, 0.25) is 0 Å². The Kier molecular flexibility index (Phi) is 7.28. The van der Waals surface area contributed by atoms with Crippen molar-refractivity contribution >= 4 is 27.3 Å². The second-order valence-corrected chi connectivity index (χ2v) is 6.01. The van der Waals surface area contributed by atoms with Crippen LogP contribution in [0.15, 0.2) is 15.9 Å². The second kappa shape index (κ2) is 8.23. The van der Waals surface area contributed by atoms with Gasteiger partial charge < -0.3 is 10.2 Å². The van der Waals surface area contributed by atoms with E-state index in [9.17, 15) is 0 Å². The van der Waals surface area contributed by atoms with Crippen molar-refractivity contribution in [3.05, 3.63) is 20.8 Å². The van der Waals surface area contributed by atoms with Gasteiger partial charge in [0, 0.05) is 21.3 Å². The van der Waals surface area contributed by atoms with Crippen LogP contribution in [0.4, 0.5) is 0 Å². The van der Waals surface area contributed by atoms with Crippen LogP contribution in [0.1, 0.15) is 17.7 Å². The highest BCUT2D eigenvalue weighted by Crippen LogP contribution is 2.20. The van der Waals surface area contributed by atoms with E-state index in [4.69, 9.17) is 0 Å². The summed E-state index contributed by atoms with van der Waals surface area (Å²) in [5.41, 5.74) is 0. The summed E-state index contributed by atoms with van der Waals surface area (Å²) < 4.78 is 1.21. The van der Waals surface area contributed by atoms with Crippen molar-refractivity contribution in [3.63, 3.8) is 0 Å². The third kappa shape index (κ3) is 5.99. The number of hydrogen-bond acceptors (Lipinski definition) is 3. The molecule has 0 unspecified atom stereocenters. The molecule has 0 bridgehead atoms. The first kappa shape index (κ1) is 14.2. The summed E-state index contributed by atoms with van der Waals surface area (Å²) in [6.07, 6.45) is 3.72. The lowest BCUT2D eigenvalue weighted by molar-refractivity contribution is 0.330. The van der Waals surface area contributed by atoms with Gasteiger partial charge in [-0.1, -0.05) is 0 Å². The van der Waals surface area contributed by atoms with Crippen molar-refractivity contribution in [1.29, 1.82) is 0 Å². The molecule has 2 nitrogen and oxygen atoms in total. The van der Waals surface area contributed by atoms with Gasteiger partial charge in [0.25, 0.3) is 0 Å². The van der Waals surface area contributed by atoms with Crippen molar-refractivity contribution in [2.75, 3.05) is 33.7 Å². The maximum Gasteiger partial charge on any atom is 0.0285 e. The molecule has 0 aliphatic rings. The van der Waals surface area contributed by atoms with E-state index in [1.807, 2.05) is 18.4 Å². The van der Waals surface area contributed by atoms with E-state index in [1.165, 1.54) is 35.2 Å². The van der Waals surface area contributed by atoms with Crippen molar-refractivity contribution < 1.29 is 0 Å². The molecular weight excluding hydrogens is 284 g/mol. The normalized spacial score (nSPS) is 11.2. The Morgan fingerprint density at radius 1 is 1.38 bits per heavy atom. The minimum Gasteiger partial charge on any atom is -0.320 e. The average Bonchev–Trinajstić information content (AvgIpc) is 2.68. The fourth-order valence-electron chi connectivity index (χ4n) is 1.58. The zero-order valence-corrected chi connectivity index (χ0v) is 12.5. The van der Waals surface area contributed by atoms with Gasteiger partial charge in [0.15, 0.2) is 0 Å². The lowest BCUT2D eigenvalue weighted by Gasteiger charge is -2.15. The number of rotatable bonds is 8. The molecule has 0 fully saturated rings. The molecule has 0 saturated carbocycles. The number of nitrogens with zero attached hydrogens (tertiary/aromatic N) is 1. The topological polar surface area (TPSA) is 15.3 Å². The Bertz CT molecular complexity index is 288. The lowest BCUT2D eigenvalue weighted by atomic mass is 10.2. The van der Waals surface area contributed by atoms with Gasteiger partial charge in [0.1, 0.15) is 0 Å². The average molecular weight is 305 g/mol. The maximum atomic E-state index is 3.49. The molecule has 92 valence electrons. The van der Waals surface area contributed by atoms with Crippen molar-refractivity contribution in [2.45, 2.75) is 19.3 Å². The fourth-order valence-corrected chi connectivity index (χ4v) is 3.03. The van der Waals surface area contributed by atoms with E-state index in [1.54, 1.807) is 0 Å². The molecule has 1 rings (SSSR count). The zero-order valence-electron chi connectivity index (χ0n) is 10.1. The van der Waals surface area contributed by atoms with Crippen molar-refractivity contribution in [2.24, 2.45) is 0 Å². The first-order valence-electron chi connectivity index (χ1n) is 5.78. The molecule has 0 amide bonds. The molecule has 0 aliphatic carbocycles. The predicted octanol–water partition coefficient (Wildman–Crippen LogP) is 2.98. The predicted molar refractivity (Wildman–Crippen MR) is 76.4 cm³/mol. The summed E-state index contributed by atoms with van der Waals surface area (Å²) in [7, 11) is 4.22. The highest BCUT2D eigenvalue weighted by molar-refractivity contribution is 9.10. The van der Waals surface area contributed by atoms with Gasteiger partial charge in [-0.2, -0.15) is 0 Å². The van der Waals surface area contributed by atoms with Crippen molar-refractivity contribution in [3.8, 4) is 0 Å². The molecule has 0 saturated heterocycles. The molecule has 0 spiro atoms. The first-order chi connectivity index (χ1) is 7.72. The Balaban J connectivity index is 2.08. The molecule has 1 aromatic rings. The molecule has 0 aliphatic heterocycles. The molecule has 1 N–H and O–H groups in total. The van der Waals surface area contributed by atoms with Gasteiger partial charge >= 0.3 is 0 Å². The largest absolute Gasteiger partial charge is 0.320 e. The number of likely N-dealkylation sites (N-methyl/N-ethyl adjacent to an activating group) is 1. The molecule has 0 atom stereocenters. The molecule has 1 heterocycles. The maximum absolute atomic E-state index is 3.49. The van der Waals surface area contributed by atoms with Gasteiger partial charge in [-0.3, -0.25) is 0 Å². The summed E-state index contributed by atoms with van der Waals surface area (Å²) >= 11 is 5.33. The van der Waals surface area contributed by atoms with Gasteiger partial charge in [-0.05, 0) is 68.4 Å². The first-order valence-corrected chi connectivity index (χ1v) is 7.45. The summed E-state index contributed by atoms with van der Waals surface area (Å²) in [6, 6.07) is 2.22. The van der Waals surface area contributed by atoms with E-state index < -0.39 is 0 Å². The molecule has 0 aromatic carbocycles. The molecule has 4 heteroatoms. The van der Waals surface area contributed by atoms with E-state index in [0.29, 0.717) is 0 Å². The Hall–Kier alpha value is 0.1000. The number of hydrogen-bond donors (Lipinski definition) is 1. The molecular formula is C12H21BrN2S. The molecule has 0 radical (unpaired) electrons.